The van der Waals surface area contributed by atoms with Crippen LogP contribution < -0.4 is 5.32 Å². The second kappa shape index (κ2) is 10.7. The van der Waals surface area contributed by atoms with Crippen molar-refractivity contribution in [1.82, 2.24) is 0 Å². The van der Waals surface area contributed by atoms with Crippen LogP contribution in [0.3, 0.4) is 0 Å². The van der Waals surface area contributed by atoms with Crippen LogP contribution in [0.15, 0.2) is 70.9 Å². The number of non-ortho nitro benzene ring substituents is 1. The van der Waals surface area contributed by atoms with E-state index >= 15 is 0 Å². The molecule has 0 bridgehead atoms. The van der Waals surface area contributed by atoms with Crippen molar-refractivity contribution in [3.05, 3.63) is 70.8 Å². The van der Waals surface area contributed by atoms with Crippen LogP contribution in [0.25, 0.3) is 0 Å². The summed E-state index contributed by atoms with van der Waals surface area (Å²) in [6, 6.07) is 12.0. The van der Waals surface area contributed by atoms with Gasteiger partial charge in [0.25, 0.3) is 5.69 Å². The molecule has 10 heteroatoms. The molecule has 127 valence electrons. The molecule has 0 aliphatic heterocycles. The van der Waals surface area contributed by atoms with Crippen molar-refractivity contribution >= 4 is 86.0 Å². The fourth-order valence-electron chi connectivity index (χ4n) is 1.70. The molecule has 0 atom stereocenters. The zero-order chi connectivity index (χ0) is 18.2. The summed E-state index contributed by atoms with van der Waals surface area (Å²) in [5.41, 5.74) is 1.41. The minimum absolute atomic E-state index is 0. The van der Waals surface area contributed by atoms with E-state index in [1.165, 1.54) is 24.3 Å². The van der Waals surface area contributed by atoms with Gasteiger partial charge in [0, 0.05) is 81.4 Å². The van der Waals surface area contributed by atoms with E-state index in [4.69, 9.17) is 5.11 Å². The predicted molar refractivity (Wildman–Crippen MR) is 94.9 cm³/mol. The number of carboxylic acid groups (broad SMARTS) is 1. The Morgan fingerprint density at radius 2 is 1.46 bits per heavy atom. The van der Waals surface area contributed by atoms with Crippen LogP contribution >= 0.6 is 0 Å². The van der Waals surface area contributed by atoms with Crippen LogP contribution in [0.1, 0.15) is 0 Å². The number of rotatable bonds is 6. The first-order valence-electron chi connectivity index (χ1n) is 6.92. The maximum Gasteiger partial charge on any atom is 0.328 e. The average molecular weight is 379 g/mol. The monoisotopic (exact) mass is 379 g/mol. The van der Waals surface area contributed by atoms with Crippen molar-refractivity contribution in [2.75, 3.05) is 5.32 Å². The second-order valence-electron chi connectivity index (χ2n) is 4.68. The van der Waals surface area contributed by atoms with Gasteiger partial charge in [0.15, 0.2) is 0 Å². The molecule has 1 radical (unpaired) electrons. The van der Waals surface area contributed by atoms with Crippen LogP contribution in [0, 0.1) is 10.1 Å². The largest absolute Gasteiger partial charge is 0.478 e. The minimum atomic E-state index is -1.21. The van der Waals surface area contributed by atoms with Gasteiger partial charge in [-0.05, 0) is 36.4 Å². The van der Waals surface area contributed by atoms with E-state index in [2.05, 4.69) is 15.5 Å². The van der Waals surface area contributed by atoms with Crippen LogP contribution in [0.2, 0.25) is 0 Å². The number of carbonyl (C=O) groups excluding carboxylic acids is 1. The van der Waals surface area contributed by atoms with Crippen molar-refractivity contribution in [2.45, 2.75) is 0 Å². The van der Waals surface area contributed by atoms with E-state index < -0.39 is 16.8 Å². The Bertz CT molecular complexity index is 848. The SMILES string of the molecule is O=C(O)/C=C\C(=O)Nc1ccc(N=Nc2ccc([N+](=O)[O-])cc2)cc1.[K]. The summed E-state index contributed by atoms with van der Waals surface area (Å²) in [7, 11) is 0. The van der Waals surface area contributed by atoms with Gasteiger partial charge in [-0.15, -0.1) is 0 Å². The third kappa shape index (κ3) is 7.33. The summed E-state index contributed by atoms with van der Waals surface area (Å²) in [6.45, 7) is 0. The minimum Gasteiger partial charge on any atom is -0.478 e. The molecule has 2 aromatic rings. The zero-order valence-electron chi connectivity index (χ0n) is 13.7. The maximum atomic E-state index is 11.4. The van der Waals surface area contributed by atoms with Crippen molar-refractivity contribution in [3.8, 4) is 0 Å². The number of nitrogens with one attached hydrogen (secondary N) is 1. The Labute approximate surface area is 190 Å². The maximum absolute atomic E-state index is 11.4. The van der Waals surface area contributed by atoms with E-state index in [0.717, 1.165) is 12.2 Å². The Balaban J connectivity index is 0.00000338. The van der Waals surface area contributed by atoms with E-state index in [0.29, 0.717) is 17.1 Å². The zero-order valence-corrected chi connectivity index (χ0v) is 16.8. The quantitative estimate of drug-likeness (QED) is 0.261. The fraction of sp³-hybridized carbons (Fsp3) is 0. The Morgan fingerprint density at radius 3 is 1.92 bits per heavy atom. The molecular weight excluding hydrogens is 367 g/mol. The topological polar surface area (TPSA) is 134 Å². The number of nitrogens with zero attached hydrogens (tertiary/aromatic N) is 3. The average Bonchev–Trinajstić information content (AvgIpc) is 2.60. The molecule has 0 heterocycles. The number of nitro benzene ring substituents is 1. The molecule has 0 spiro atoms. The molecule has 0 saturated carbocycles. The second-order valence-corrected chi connectivity index (χ2v) is 4.68. The van der Waals surface area contributed by atoms with E-state index in [-0.39, 0.29) is 57.1 Å². The van der Waals surface area contributed by atoms with Gasteiger partial charge in [0.2, 0.25) is 5.91 Å². The Kier molecular flexibility index (Phi) is 8.96. The summed E-state index contributed by atoms with van der Waals surface area (Å²) in [5.74, 6) is -1.78. The molecule has 26 heavy (non-hydrogen) atoms. The van der Waals surface area contributed by atoms with E-state index in [1.807, 2.05) is 0 Å². The third-order valence-corrected chi connectivity index (χ3v) is 2.85. The van der Waals surface area contributed by atoms with Gasteiger partial charge < -0.3 is 10.4 Å². The third-order valence-electron chi connectivity index (χ3n) is 2.85. The normalized spacial score (nSPS) is 10.5. The van der Waals surface area contributed by atoms with Gasteiger partial charge in [-0.25, -0.2) is 4.79 Å². The summed E-state index contributed by atoms with van der Waals surface area (Å²) in [4.78, 5) is 31.8. The van der Waals surface area contributed by atoms with Crippen LogP contribution in [-0.2, 0) is 9.59 Å². The summed E-state index contributed by atoms with van der Waals surface area (Å²) < 4.78 is 0. The van der Waals surface area contributed by atoms with Gasteiger partial charge in [0.1, 0.15) is 0 Å². The molecule has 2 rings (SSSR count). The number of amides is 1. The summed E-state index contributed by atoms with van der Waals surface area (Å²) in [5, 5.41) is 29.4. The first-order chi connectivity index (χ1) is 11.9. The number of hydrogen-bond acceptors (Lipinski definition) is 6. The molecule has 0 aliphatic rings. The number of aliphatic carboxylic acids is 1. The number of hydrogen-bond donors (Lipinski definition) is 2. The molecule has 0 fully saturated rings. The Morgan fingerprint density at radius 1 is 0.962 bits per heavy atom. The van der Waals surface area contributed by atoms with Gasteiger partial charge >= 0.3 is 5.97 Å². The fourth-order valence-corrected chi connectivity index (χ4v) is 1.70. The number of anilines is 1. The standard InChI is InChI=1S/C16H12N4O5.K/c21-15(9-10-16(22)23)17-11-1-3-12(4-2-11)18-19-13-5-7-14(8-6-13)20(24)25;/h1-10H,(H,17,21)(H,22,23);/b10-9-,19-18?;. The number of carbonyl (C=O) groups is 2. The number of carboxylic acids is 1. The molecule has 0 aliphatic carbocycles. The smallest absolute Gasteiger partial charge is 0.328 e. The predicted octanol–water partition coefficient (Wildman–Crippen LogP) is 3.21. The van der Waals surface area contributed by atoms with Gasteiger partial charge in [-0.1, -0.05) is 0 Å². The number of nitro groups is 1. The molecule has 0 aromatic heterocycles. The molecule has 0 unspecified atom stereocenters. The van der Waals surface area contributed by atoms with Crippen molar-refractivity contribution < 1.29 is 19.6 Å². The molecule has 1 amide bonds. The van der Waals surface area contributed by atoms with Crippen LogP contribution in [0.4, 0.5) is 22.7 Å². The first kappa shape index (κ1) is 21.8. The van der Waals surface area contributed by atoms with Crippen molar-refractivity contribution in [1.29, 1.82) is 0 Å². The van der Waals surface area contributed by atoms with Crippen molar-refractivity contribution in [2.24, 2.45) is 10.2 Å². The molecular formula is C16H12KN4O5. The molecule has 0 saturated heterocycles. The molecule has 2 N–H and O–H groups in total. The Hall–Kier alpha value is -2.24. The van der Waals surface area contributed by atoms with E-state index in [1.54, 1.807) is 24.3 Å². The van der Waals surface area contributed by atoms with E-state index in [9.17, 15) is 19.7 Å². The van der Waals surface area contributed by atoms with Gasteiger partial charge in [0.05, 0.1) is 16.3 Å². The number of azo groups is 1. The summed E-state index contributed by atoms with van der Waals surface area (Å²) >= 11 is 0. The van der Waals surface area contributed by atoms with Crippen LogP contribution in [0.5, 0.6) is 0 Å². The van der Waals surface area contributed by atoms with Gasteiger partial charge in [-0.2, -0.15) is 10.2 Å². The molecule has 9 nitrogen and oxygen atoms in total. The van der Waals surface area contributed by atoms with Gasteiger partial charge in [-0.3, -0.25) is 14.9 Å². The van der Waals surface area contributed by atoms with Crippen molar-refractivity contribution in [3.63, 3.8) is 0 Å². The van der Waals surface area contributed by atoms with Crippen LogP contribution in [-0.4, -0.2) is 73.3 Å². The summed E-state index contributed by atoms with van der Waals surface area (Å²) in [6.07, 6.45) is 1.65. The first-order valence-corrected chi connectivity index (χ1v) is 6.92. The number of benzene rings is 2. The molecule has 2 aromatic carbocycles.